The van der Waals surface area contributed by atoms with E-state index in [1.54, 1.807) is 0 Å². The van der Waals surface area contributed by atoms with Crippen molar-refractivity contribution in [2.24, 2.45) is 5.41 Å². The molecule has 2 heterocycles. The van der Waals surface area contributed by atoms with Crippen molar-refractivity contribution in [2.45, 2.75) is 52.2 Å². The number of hydrogen-bond acceptors (Lipinski definition) is 4. The van der Waals surface area contributed by atoms with Gasteiger partial charge < -0.3 is 14.7 Å². The van der Waals surface area contributed by atoms with Gasteiger partial charge in [0.2, 0.25) is 5.91 Å². The third-order valence-electron chi connectivity index (χ3n) is 4.58. The van der Waals surface area contributed by atoms with Gasteiger partial charge >= 0.3 is 0 Å². The first kappa shape index (κ1) is 16.7. The zero-order valence-electron chi connectivity index (χ0n) is 13.7. The number of carbonyl (C=O) groups is 1. The molecule has 0 aromatic rings. The molecule has 1 N–H and O–H groups in total. The molecule has 0 saturated carbocycles. The molecule has 2 atom stereocenters. The summed E-state index contributed by atoms with van der Waals surface area (Å²) >= 11 is 0. The van der Waals surface area contributed by atoms with Gasteiger partial charge in [-0.05, 0) is 18.3 Å². The van der Waals surface area contributed by atoms with E-state index in [0.717, 1.165) is 45.6 Å². The maximum Gasteiger partial charge on any atom is 0.225 e. The number of aliphatic hydroxyl groups is 1. The molecule has 0 aromatic heterocycles. The Kier molecular flexibility index (Phi) is 5.63. The minimum Gasteiger partial charge on any atom is -0.391 e. The van der Waals surface area contributed by atoms with Gasteiger partial charge in [0, 0.05) is 39.3 Å². The smallest absolute Gasteiger partial charge is 0.225 e. The van der Waals surface area contributed by atoms with E-state index in [4.69, 9.17) is 4.74 Å². The molecule has 0 spiro atoms. The Bertz CT molecular complexity index is 340. The van der Waals surface area contributed by atoms with Crippen molar-refractivity contribution in [1.29, 1.82) is 0 Å². The zero-order chi connectivity index (χ0) is 15.5. The van der Waals surface area contributed by atoms with Gasteiger partial charge in [0.05, 0.1) is 18.6 Å². The van der Waals surface area contributed by atoms with Gasteiger partial charge in [0.1, 0.15) is 0 Å². The van der Waals surface area contributed by atoms with E-state index in [1.807, 2.05) is 4.90 Å². The number of aliphatic hydroxyl groups excluding tert-OH is 1. The van der Waals surface area contributed by atoms with Crippen LogP contribution in [0.15, 0.2) is 0 Å². The molecule has 2 rings (SSSR count). The Balaban J connectivity index is 1.71. The number of amides is 1. The van der Waals surface area contributed by atoms with Crippen LogP contribution >= 0.6 is 0 Å². The van der Waals surface area contributed by atoms with Crippen molar-refractivity contribution in [1.82, 2.24) is 9.80 Å². The van der Waals surface area contributed by atoms with E-state index < -0.39 is 0 Å². The van der Waals surface area contributed by atoms with Gasteiger partial charge in [-0.25, -0.2) is 0 Å². The fourth-order valence-electron chi connectivity index (χ4n) is 2.83. The highest BCUT2D eigenvalue weighted by molar-refractivity contribution is 5.76. The average molecular weight is 298 g/mol. The molecule has 1 amide bonds. The summed E-state index contributed by atoms with van der Waals surface area (Å²) in [7, 11) is 0. The summed E-state index contributed by atoms with van der Waals surface area (Å²) in [6.45, 7) is 10.9. The molecule has 0 bridgehead atoms. The number of ether oxygens (including phenoxy) is 1. The van der Waals surface area contributed by atoms with Crippen molar-refractivity contribution in [2.75, 3.05) is 39.3 Å². The molecule has 5 heteroatoms. The Morgan fingerprint density at radius 2 is 1.95 bits per heavy atom. The van der Waals surface area contributed by atoms with Crippen molar-refractivity contribution in [3.63, 3.8) is 0 Å². The van der Waals surface area contributed by atoms with Crippen LogP contribution < -0.4 is 0 Å². The minimum absolute atomic E-state index is 0.0905. The van der Waals surface area contributed by atoms with E-state index in [1.165, 1.54) is 0 Å². The van der Waals surface area contributed by atoms with Crippen molar-refractivity contribution in [3.8, 4) is 0 Å². The first-order valence-corrected chi connectivity index (χ1v) is 8.16. The van der Waals surface area contributed by atoms with Gasteiger partial charge in [0.25, 0.3) is 0 Å². The van der Waals surface area contributed by atoms with Crippen LogP contribution in [0.2, 0.25) is 0 Å². The molecule has 0 aromatic carbocycles. The van der Waals surface area contributed by atoms with Crippen LogP contribution in [0, 0.1) is 5.41 Å². The molecule has 2 saturated heterocycles. The summed E-state index contributed by atoms with van der Waals surface area (Å²) in [6, 6.07) is 0. The summed E-state index contributed by atoms with van der Waals surface area (Å²) in [5, 5.41) is 10.2. The Hall–Kier alpha value is -0.650. The summed E-state index contributed by atoms with van der Waals surface area (Å²) in [4.78, 5) is 16.4. The molecule has 0 aliphatic carbocycles. The van der Waals surface area contributed by atoms with Crippen LogP contribution in [0.5, 0.6) is 0 Å². The van der Waals surface area contributed by atoms with Crippen molar-refractivity contribution < 1.29 is 14.6 Å². The monoisotopic (exact) mass is 298 g/mol. The van der Waals surface area contributed by atoms with Gasteiger partial charge in [-0.3, -0.25) is 9.69 Å². The van der Waals surface area contributed by atoms with Crippen LogP contribution in [0.4, 0.5) is 0 Å². The average Bonchev–Trinajstić information content (AvgIpc) is 2.91. The highest BCUT2D eigenvalue weighted by Gasteiger charge is 2.28. The standard InChI is InChI=1S/C16H30N2O3/c1-16(2,3)14(19)12-17-6-8-18(9-7-17)15(20)11-13-5-4-10-21-13/h13-14,19H,4-12H2,1-3H3/t13-,14+/m0/s1. The molecular weight excluding hydrogens is 268 g/mol. The number of nitrogens with zero attached hydrogens (tertiary/aromatic N) is 2. The van der Waals surface area contributed by atoms with Crippen molar-refractivity contribution >= 4 is 5.91 Å². The van der Waals surface area contributed by atoms with Crippen LogP contribution in [0.25, 0.3) is 0 Å². The largest absolute Gasteiger partial charge is 0.391 e. The lowest BCUT2D eigenvalue weighted by atomic mass is 9.89. The lowest BCUT2D eigenvalue weighted by molar-refractivity contribution is -0.135. The quantitative estimate of drug-likeness (QED) is 0.845. The number of rotatable bonds is 4. The molecule has 0 radical (unpaired) electrons. The second kappa shape index (κ2) is 7.07. The summed E-state index contributed by atoms with van der Waals surface area (Å²) in [5.74, 6) is 0.220. The highest BCUT2D eigenvalue weighted by atomic mass is 16.5. The first-order valence-electron chi connectivity index (χ1n) is 8.16. The Labute approximate surface area is 128 Å². The van der Waals surface area contributed by atoms with Crippen LogP contribution in [0.3, 0.4) is 0 Å². The number of carbonyl (C=O) groups excluding carboxylic acids is 1. The fourth-order valence-corrected chi connectivity index (χ4v) is 2.83. The van der Waals surface area contributed by atoms with E-state index in [9.17, 15) is 9.90 Å². The van der Waals surface area contributed by atoms with Crippen LogP contribution in [-0.2, 0) is 9.53 Å². The summed E-state index contributed by atoms with van der Waals surface area (Å²) in [5.41, 5.74) is -0.0905. The van der Waals surface area contributed by atoms with Crippen molar-refractivity contribution in [3.05, 3.63) is 0 Å². The lowest BCUT2D eigenvalue weighted by Crippen LogP contribution is -2.52. The maximum atomic E-state index is 12.2. The molecule has 5 nitrogen and oxygen atoms in total. The third-order valence-corrected chi connectivity index (χ3v) is 4.58. The van der Waals surface area contributed by atoms with Gasteiger partial charge in [0.15, 0.2) is 0 Å². The minimum atomic E-state index is -0.327. The summed E-state index contributed by atoms with van der Waals surface area (Å²) in [6.07, 6.45) is 2.44. The molecule has 2 aliphatic heterocycles. The SMILES string of the molecule is CC(C)(C)[C@H](O)CN1CCN(C(=O)C[C@@H]2CCCO2)CC1. The molecule has 122 valence electrons. The Morgan fingerprint density at radius 1 is 1.29 bits per heavy atom. The van der Waals surface area contributed by atoms with E-state index >= 15 is 0 Å². The topological polar surface area (TPSA) is 53.0 Å². The van der Waals surface area contributed by atoms with Crippen LogP contribution in [0.1, 0.15) is 40.0 Å². The Morgan fingerprint density at radius 3 is 2.48 bits per heavy atom. The first-order chi connectivity index (χ1) is 9.86. The van der Waals surface area contributed by atoms with E-state index in [0.29, 0.717) is 13.0 Å². The number of β-amino-alcohol motifs (C(OH)–C–C–N with tert-alkyl or cyclic N) is 1. The molecule has 2 fully saturated rings. The number of piperazine rings is 1. The van der Waals surface area contributed by atoms with Gasteiger partial charge in [-0.15, -0.1) is 0 Å². The predicted octanol–water partition coefficient (Wildman–Crippen LogP) is 1.11. The second-order valence-electron chi connectivity index (χ2n) is 7.40. The van der Waals surface area contributed by atoms with E-state index in [2.05, 4.69) is 25.7 Å². The number of hydrogen-bond donors (Lipinski definition) is 1. The summed E-state index contributed by atoms with van der Waals surface area (Å²) < 4.78 is 5.53. The van der Waals surface area contributed by atoms with E-state index in [-0.39, 0.29) is 23.5 Å². The normalized spacial score (nSPS) is 26.1. The van der Waals surface area contributed by atoms with Gasteiger partial charge in [-0.2, -0.15) is 0 Å². The lowest BCUT2D eigenvalue weighted by Gasteiger charge is -2.38. The predicted molar refractivity (Wildman–Crippen MR) is 82.1 cm³/mol. The fraction of sp³-hybridized carbons (Fsp3) is 0.938. The zero-order valence-corrected chi connectivity index (χ0v) is 13.7. The molecule has 0 unspecified atom stereocenters. The second-order valence-corrected chi connectivity index (χ2v) is 7.40. The third kappa shape index (κ3) is 4.94. The molecule has 2 aliphatic rings. The molecule has 21 heavy (non-hydrogen) atoms. The van der Waals surface area contributed by atoms with Gasteiger partial charge in [-0.1, -0.05) is 20.8 Å². The maximum absolute atomic E-state index is 12.2. The van der Waals surface area contributed by atoms with Crippen LogP contribution in [-0.4, -0.2) is 72.4 Å². The highest BCUT2D eigenvalue weighted by Crippen LogP contribution is 2.21. The molecular formula is C16H30N2O3.